The van der Waals surface area contributed by atoms with Gasteiger partial charge in [0.2, 0.25) is 13.6 Å². The molecule has 2 heterocycles. The van der Waals surface area contributed by atoms with Crippen molar-refractivity contribution in [3.05, 3.63) is 12.7 Å². The maximum absolute atomic E-state index is 13.2. The lowest BCUT2D eigenvalue weighted by molar-refractivity contribution is -0.162. The number of fused-ring (bicyclic) bond motifs is 1. The van der Waals surface area contributed by atoms with Gasteiger partial charge in [0.25, 0.3) is 0 Å². The molecule has 0 aliphatic rings. The van der Waals surface area contributed by atoms with Gasteiger partial charge in [-0.25, -0.2) is 15.0 Å². The van der Waals surface area contributed by atoms with Crippen LogP contribution in [-0.2, 0) is 37.4 Å². The molecule has 0 aromatic carbocycles. The predicted molar refractivity (Wildman–Crippen MR) is 136 cm³/mol. The number of imidazole rings is 1. The summed E-state index contributed by atoms with van der Waals surface area (Å²) in [5.74, 6) is -0.925. The summed E-state index contributed by atoms with van der Waals surface area (Å²) in [4.78, 5) is 36.3. The molecule has 2 atom stereocenters. The van der Waals surface area contributed by atoms with E-state index in [1.54, 1.807) is 53.0 Å². The Hall–Kier alpha value is -2.64. The van der Waals surface area contributed by atoms with Crippen molar-refractivity contribution in [3.63, 3.8) is 0 Å². The molecular weight excluding hydrogens is 521 g/mol. The fourth-order valence-corrected chi connectivity index (χ4v) is 3.97. The van der Waals surface area contributed by atoms with Crippen LogP contribution in [0.1, 0.15) is 60.9 Å². The molecule has 2 aromatic rings. The summed E-state index contributed by atoms with van der Waals surface area (Å²) in [6, 6.07) is -0.504. The van der Waals surface area contributed by atoms with E-state index in [2.05, 4.69) is 15.0 Å². The minimum absolute atomic E-state index is 0.0239. The first-order valence-electron chi connectivity index (χ1n) is 12.0. The Kier molecular flexibility index (Phi) is 10.8. The van der Waals surface area contributed by atoms with Gasteiger partial charge in [-0.1, -0.05) is 0 Å². The number of aliphatic hydroxyl groups is 1. The highest BCUT2D eigenvalue weighted by molar-refractivity contribution is 7.53. The number of nitrogen functional groups attached to an aromatic ring is 1. The molecule has 0 saturated carbocycles. The lowest BCUT2D eigenvalue weighted by Gasteiger charge is -2.23. The minimum Gasteiger partial charge on any atom is -0.438 e. The van der Waals surface area contributed by atoms with E-state index in [0.29, 0.717) is 11.2 Å². The molecule has 0 amide bonds. The van der Waals surface area contributed by atoms with Crippen LogP contribution >= 0.6 is 7.60 Å². The SMILES string of the molecule is CC(O)C(CCOCP(=O)(OCOC(=O)C(C)(C)C)OCOC(=O)C(C)(C)C)n1cnc2c(N)ncnc21. The zero-order chi connectivity index (χ0) is 28.7. The highest BCUT2D eigenvalue weighted by Crippen LogP contribution is 2.48. The van der Waals surface area contributed by atoms with Crippen molar-refractivity contribution in [2.45, 2.75) is 67.0 Å². The average Bonchev–Trinajstić information content (AvgIpc) is 3.22. The van der Waals surface area contributed by atoms with Crippen molar-refractivity contribution in [2.75, 3.05) is 32.3 Å². The molecule has 2 aromatic heterocycles. The molecular formula is C23H38N5O9P. The Morgan fingerprint density at radius 3 is 2.08 bits per heavy atom. The third-order valence-corrected chi connectivity index (χ3v) is 6.71. The van der Waals surface area contributed by atoms with Crippen molar-refractivity contribution in [1.29, 1.82) is 0 Å². The van der Waals surface area contributed by atoms with Crippen LogP contribution in [0.5, 0.6) is 0 Å². The largest absolute Gasteiger partial charge is 0.438 e. The number of carbonyl (C=O) groups excluding carboxylic acids is 2. The summed E-state index contributed by atoms with van der Waals surface area (Å²) in [6.07, 6.45) is 1.72. The van der Waals surface area contributed by atoms with Crippen LogP contribution < -0.4 is 5.73 Å². The normalized spacial score (nSPS) is 14.3. The third-order valence-electron chi connectivity index (χ3n) is 5.21. The minimum atomic E-state index is -4.02. The number of hydrogen-bond donors (Lipinski definition) is 2. The summed E-state index contributed by atoms with van der Waals surface area (Å²) in [6.45, 7) is 10.3. The van der Waals surface area contributed by atoms with Gasteiger partial charge in [0.05, 0.1) is 29.3 Å². The van der Waals surface area contributed by atoms with Crippen molar-refractivity contribution in [1.82, 2.24) is 19.5 Å². The van der Waals surface area contributed by atoms with Crippen molar-refractivity contribution in [3.8, 4) is 0 Å². The Labute approximate surface area is 221 Å². The van der Waals surface area contributed by atoms with Gasteiger partial charge in [-0.2, -0.15) is 0 Å². The van der Waals surface area contributed by atoms with Gasteiger partial charge in [-0.15, -0.1) is 0 Å². The topological polar surface area (TPSA) is 187 Å². The molecule has 15 heteroatoms. The van der Waals surface area contributed by atoms with E-state index in [-0.39, 0.29) is 18.8 Å². The number of hydrogen-bond acceptors (Lipinski definition) is 13. The zero-order valence-electron chi connectivity index (χ0n) is 22.9. The van der Waals surface area contributed by atoms with Gasteiger partial charge in [-0.05, 0) is 54.9 Å². The van der Waals surface area contributed by atoms with Gasteiger partial charge in [0.15, 0.2) is 11.5 Å². The molecule has 0 aliphatic carbocycles. The standard InChI is InChI=1S/C23H38N5O9P/c1-15(29)16(28-11-27-17-18(24)25-10-26-19(17)28)8-9-33-14-38(32,36-12-34-20(30)22(2,3)4)37-13-35-21(31)23(5,6)7/h10-11,15-16,29H,8-9,12-14H2,1-7H3,(H2,24,25,26). The summed E-state index contributed by atoms with van der Waals surface area (Å²) in [7, 11) is -4.02. The van der Waals surface area contributed by atoms with Gasteiger partial charge >= 0.3 is 19.5 Å². The zero-order valence-corrected chi connectivity index (χ0v) is 23.8. The molecule has 0 spiro atoms. The quantitative estimate of drug-likeness (QED) is 0.158. The molecule has 0 aliphatic heterocycles. The van der Waals surface area contributed by atoms with E-state index in [9.17, 15) is 19.3 Å². The Morgan fingerprint density at radius 2 is 1.58 bits per heavy atom. The van der Waals surface area contributed by atoms with Crippen LogP contribution in [-0.4, -0.2) is 69.2 Å². The second-order valence-electron chi connectivity index (χ2n) is 10.7. The first-order valence-corrected chi connectivity index (χ1v) is 13.7. The molecule has 2 unspecified atom stereocenters. The van der Waals surface area contributed by atoms with Gasteiger partial charge in [0, 0.05) is 6.61 Å². The number of rotatable bonds is 13. The van der Waals surface area contributed by atoms with E-state index >= 15 is 0 Å². The number of carbonyl (C=O) groups is 2. The predicted octanol–water partition coefficient (Wildman–Crippen LogP) is 3.01. The Balaban J connectivity index is 2.02. The van der Waals surface area contributed by atoms with Crippen LogP contribution in [0, 0.1) is 10.8 Å². The summed E-state index contributed by atoms with van der Waals surface area (Å²) >= 11 is 0. The maximum atomic E-state index is 13.2. The number of nitrogens with zero attached hydrogens (tertiary/aromatic N) is 4. The monoisotopic (exact) mass is 559 g/mol. The van der Waals surface area contributed by atoms with E-state index in [1.807, 2.05) is 0 Å². The highest BCUT2D eigenvalue weighted by atomic mass is 31.2. The van der Waals surface area contributed by atoms with Gasteiger partial charge < -0.3 is 29.6 Å². The second-order valence-corrected chi connectivity index (χ2v) is 12.7. The molecule has 0 fully saturated rings. The van der Waals surface area contributed by atoms with E-state index in [0.717, 1.165) is 0 Å². The number of aromatic nitrogens is 4. The average molecular weight is 560 g/mol. The van der Waals surface area contributed by atoms with E-state index < -0.39 is 62.4 Å². The van der Waals surface area contributed by atoms with E-state index in [4.69, 9.17) is 29.0 Å². The number of anilines is 1. The van der Waals surface area contributed by atoms with Crippen LogP contribution in [0.4, 0.5) is 5.82 Å². The lowest BCUT2D eigenvalue weighted by atomic mass is 9.98. The van der Waals surface area contributed by atoms with Gasteiger partial charge in [-0.3, -0.25) is 23.2 Å². The lowest BCUT2D eigenvalue weighted by Crippen LogP contribution is -2.25. The molecule has 0 radical (unpaired) electrons. The molecule has 0 bridgehead atoms. The van der Waals surface area contributed by atoms with Crippen LogP contribution in [0.2, 0.25) is 0 Å². The Bertz CT molecular complexity index is 1100. The first kappa shape index (κ1) is 31.6. The highest BCUT2D eigenvalue weighted by Gasteiger charge is 2.31. The maximum Gasteiger partial charge on any atom is 0.361 e. The molecule has 214 valence electrons. The fraction of sp³-hybridized carbons (Fsp3) is 0.696. The summed E-state index contributed by atoms with van der Waals surface area (Å²) in [5, 5.41) is 10.4. The van der Waals surface area contributed by atoms with Crippen LogP contribution in [0.15, 0.2) is 12.7 Å². The van der Waals surface area contributed by atoms with Crippen molar-refractivity contribution >= 4 is 36.5 Å². The molecule has 0 saturated heterocycles. The number of ether oxygens (including phenoxy) is 3. The first-order chi connectivity index (χ1) is 17.5. The fourth-order valence-electron chi connectivity index (χ4n) is 2.97. The van der Waals surface area contributed by atoms with E-state index in [1.165, 1.54) is 12.7 Å². The molecule has 3 N–H and O–H groups in total. The van der Waals surface area contributed by atoms with Crippen molar-refractivity contribution < 1.29 is 42.5 Å². The molecule has 14 nitrogen and oxygen atoms in total. The number of esters is 2. The van der Waals surface area contributed by atoms with Crippen LogP contribution in [0.3, 0.4) is 0 Å². The number of nitrogens with two attached hydrogens (primary N) is 1. The molecule has 38 heavy (non-hydrogen) atoms. The van der Waals surface area contributed by atoms with Crippen molar-refractivity contribution in [2.24, 2.45) is 10.8 Å². The molecule has 2 rings (SSSR count). The summed E-state index contributed by atoms with van der Waals surface area (Å²) < 4.78 is 41.0. The Morgan fingerprint density at radius 1 is 1.03 bits per heavy atom. The number of aliphatic hydroxyl groups excluding tert-OH is 1. The van der Waals surface area contributed by atoms with Crippen LogP contribution in [0.25, 0.3) is 11.2 Å². The second kappa shape index (κ2) is 12.9. The smallest absolute Gasteiger partial charge is 0.361 e. The van der Waals surface area contributed by atoms with Gasteiger partial charge in [0.1, 0.15) is 18.2 Å². The summed E-state index contributed by atoms with van der Waals surface area (Å²) in [5.41, 5.74) is 5.10. The third kappa shape index (κ3) is 8.98.